The molecule has 72 valence electrons. The van der Waals surface area contributed by atoms with Gasteiger partial charge in [0.2, 0.25) is 0 Å². The van der Waals surface area contributed by atoms with Crippen LogP contribution < -0.4 is 5.73 Å². The molecular weight excluding hydrogens is 162 g/mol. The molecule has 0 spiro atoms. The Balaban J connectivity index is 2.33. The molecule has 0 aliphatic rings. The van der Waals surface area contributed by atoms with Gasteiger partial charge in [0.1, 0.15) is 0 Å². The molecular formula is C11H17NO. The highest BCUT2D eigenvalue weighted by molar-refractivity contribution is 5.20. The molecule has 0 aliphatic heterocycles. The fourth-order valence-electron chi connectivity index (χ4n) is 1.05. The number of aryl methyl sites for hydroxylation is 1. The van der Waals surface area contributed by atoms with Crippen molar-refractivity contribution in [3.8, 4) is 0 Å². The van der Waals surface area contributed by atoms with E-state index in [1.807, 2.05) is 6.92 Å². The summed E-state index contributed by atoms with van der Waals surface area (Å²) >= 11 is 0. The van der Waals surface area contributed by atoms with Crippen molar-refractivity contribution in [3.05, 3.63) is 35.4 Å². The SMILES string of the molecule is Cc1ccc(COCC(C)N)cc1. The van der Waals surface area contributed by atoms with Crippen LogP contribution in [0.25, 0.3) is 0 Å². The van der Waals surface area contributed by atoms with Gasteiger partial charge >= 0.3 is 0 Å². The second-order valence-corrected chi connectivity index (χ2v) is 3.48. The summed E-state index contributed by atoms with van der Waals surface area (Å²) in [5.74, 6) is 0. The molecule has 1 atom stereocenters. The van der Waals surface area contributed by atoms with E-state index in [9.17, 15) is 0 Å². The van der Waals surface area contributed by atoms with Crippen LogP contribution in [-0.2, 0) is 11.3 Å². The molecule has 1 unspecified atom stereocenters. The van der Waals surface area contributed by atoms with Crippen molar-refractivity contribution in [2.24, 2.45) is 5.73 Å². The van der Waals surface area contributed by atoms with E-state index in [1.165, 1.54) is 11.1 Å². The maximum Gasteiger partial charge on any atom is 0.0717 e. The van der Waals surface area contributed by atoms with Crippen LogP contribution in [0.5, 0.6) is 0 Å². The zero-order valence-electron chi connectivity index (χ0n) is 8.29. The number of benzene rings is 1. The fraction of sp³-hybridized carbons (Fsp3) is 0.455. The minimum Gasteiger partial charge on any atom is -0.375 e. The number of nitrogens with two attached hydrogens (primary N) is 1. The predicted octanol–water partition coefficient (Wildman–Crippen LogP) is 1.86. The van der Waals surface area contributed by atoms with Crippen molar-refractivity contribution in [2.75, 3.05) is 6.61 Å². The zero-order valence-corrected chi connectivity index (χ0v) is 8.29. The van der Waals surface area contributed by atoms with E-state index in [1.54, 1.807) is 0 Å². The Bertz CT molecular complexity index is 241. The number of hydrogen-bond donors (Lipinski definition) is 1. The Hall–Kier alpha value is -0.860. The average Bonchev–Trinajstić information content (AvgIpc) is 2.08. The molecule has 1 aromatic rings. The minimum atomic E-state index is 0.116. The molecule has 0 heterocycles. The lowest BCUT2D eigenvalue weighted by Crippen LogP contribution is -2.21. The summed E-state index contributed by atoms with van der Waals surface area (Å²) in [5, 5.41) is 0. The lowest BCUT2D eigenvalue weighted by atomic mass is 10.2. The summed E-state index contributed by atoms with van der Waals surface area (Å²) in [6.45, 7) is 5.29. The smallest absolute Gasteiger partial charge is 0.0717 e. The second-order valence-electron chi connectivity index (χ2n) is 3.48. The van der Waals surface area contributed by atoms with Crippen molar-refractivity contribution in [1.82, 2.24) is 0 Å². The molecule has 2 heteroatoms. The van der Waals surface area contributed by atoms with E-state index in [4.69, 9.17) is 10.5 Å². The monoisotopic (exact) mass is 179 g/mol. The molecule has 0 radical (unpaired) electrons. The highest BCUT2D eigenvalue weighted by atomic mass is 16.5. The number of ether oxygens (including phenoxy) is 1. The van der Waals surface area contributed by atoms with Gasteiger partial charge in [-0.05, 0) is 19.4 Å². The van der Waals surface area contributed by atoms with E-state index >= 15 is 0 Å². The molecule has 2 N–H and O–H groups in total. The van der Waals surface area contributed by atoms with Gasteiger partial charge in [0.15, 0.2) is 0 Å². The molecule has 1 aromatic carbocycles. The average molecular weight is 179 g/mol. The first-order valence-electron chi connectivity index (χ1n) is 4.57. The second kappa shape index (κ2) is 5.00. The van der Waals surface area contributed by atoms with Gasteiger partial charge in [-0.1, -0.05) is 29.8 Å². The van der Waals surface area contributed by atoms with Gasteiger partial charge in [0, 0.05) is 6.04 Å². The summed E-state index contributed by atoms with van der Waals surface area (Å²) < 4.78 is 5.40. The van der Waals surface area contributed by atoms with Crippen LogP contribution in [0.4, 0.5) is 0 Å². The molecule has 1 rings (SSSR count). The Labute approximate surface area is 79.7 Å². The fourth-order valence-corrected chi connectivity index (χ4v) is 1.05. The Morgan fingerprint density at radius 2 is 1.92 bits per heavy atom. The van der Waals surface area contributed by atoms with Crippen LogP contribution in [0, 0.1) is 6.92 Å². The van der Waals surface area contributed by atoms with Crippen LogP contribution in [0.15, 0.2) is 24.3 Å². The highest BCUT2D eigenvalue weighted by Crippen LogP contribution is 2.04. The van der Waals surface area contributed by atoms with Crippen LogP contribution >= 0.6 is 0 Å². The molecule has 0 aliphatic carbocycles. The van der Waals surface area contributed by atoms with E-state index in [2.05, 4.69) is 31.2 Å². The normalized spacial score (nSPS) is 12.8. The van der Waals surface area contributed by atoms with Crippen molar-refractivity contribution < 1.29 is 4.74 Å². The lowest BCUT2D eigenvalue weighted by molar-refractivity contribution is 0.111. The third-order valence-corrected chi connectivity index (χ3v) is 1.77. The standard InChI is InChI=1S/C11H17NO/c1-9-3-5-11(6-4-9)8-13-7-10(2)12/h3-6,10H,7-8,12H2,1-2H3. The molecule has 13 heavy (non-hydrogen) atoms. The summed E-state index contributed by atoms with van der Waals surface area (Å²) in [7, 11) is 0. The third kappa shape index (κ3) is 4.06. The van der Waals surface area contributed by atoms with Crippen molar-refractivity contribution in [1.29, 1.82) is 0 Å². The molecule has 0 fully saturated rings. The van der Waals surface area contributed by atoms with Gasteiger partial charge in [0.05, 0.1) is 13.2 Å². The summed E-state index contributed by atoms with van der Waals surface area (Å²) in [5.41, 5.74) is 8.03. The summed E-state index contributed by atoms with van der Waals surface area (Å²) in [4.78, 5) is 0. The van der Waals surface area contributed by atoms with E-state index in [-0.39, 0.29) is 6.04 Å². The summed E-state index contributed by atoms with van der Waals surface area (Å²) in [6, 6.07) is 8.45. The minimum absolute atomic E-state index is 0.116. The van der Waals surface area contributed by atoms with Gasteiger partial charge in [-0.2, -0.15) is 0 Å². The first kappa shape index (κ1) is 10.2. The maximum atomic E-state index is 5.56. The number of hydrogen-bond acceptors (Lipinski definition) is 2. The molecule has 2 nitrogen and oxygen atoms in total. The third-order valence-electron chi connectivity index (χ3n) is 1.77. The molecule has 0 saturated carbocycles. The maximum absolute atomic E-state index is 5.56. The van der Waals surface area contributed by atoms with Crippen LogP contribution in [0.3, 0.4) is 0 Å². The molecule has 0 amide bonds. The van der Waals surface area contributed by atoms with Crippen molar-refractivity contribution in [3.63, 3.8) is 0 Å². The Morgan fingerprint density at radius 3 is 2.46 bits per heavy atom. The van der Waals surface area contributed by atoms with Crippen LogP contribution in [0.1, 0.15) is 18.1 Å². The predicted molar refractivity (Wildman–Crippen MR) is 54.5 cm³/mol. The quantitative estimate of drug-likeness (QED) is 0.765. The van der Waals surface area contributed by atoms with E-state index < -0.39 is 0 Å². The first-order chi connectivity index (χ1) is 6.18. The summed E-state index contributed by atoms with van der Waals surface area (Å²) in [6.07, 6.45) is 0. The zero-order chi connectivity index (χ0) is 9.68. The Morgan fingerprint density at radius 1 is 1.31 bits per heavy atom. The first-order valence-corrected chi connectivity index (χ1v) is 4.57. The van der Waals surface area contributed by atoms with Crippen LogP contribution in [-0.4, -0.2) is 12.6 Å². The van der Waals surface area contributed by atoms with Gasteiger partial charge in [0.25, 0.3) is 0 Å². The lowest BCUT2D eigenvalue weighted by Gasteiger charge is -2.06. The van der Waals surface area contributed by atoms with Gasteiger partial charge in [-0.25, -0.2) is 0 Å². The van der Waals surface area contributed by atoms with E-state index in [0.717, 1.165) is 0 Å². The topological polar surface area (TPSA) is 35.2 Å². The highest BCUT2D eigenvalue weighted by Gasteiger charge is 1.95. The molecule has 0 saturated heterocycles. The largest absolute Gasteiger partial charge is 0.375 e. The van der Waals surface area contributed by atoms with Crippen molar-refractivity contribution >= 4 is 0 Å². The van der Waals surface area contributed by atoms with Gasteiger partial charge in [-0.15, -0.1) is 0 Å². The number of rotatable bonds is 4. The van der Waals surface area contributed by atoms with E-state index in [0.29, 0.717) is 13.2 Å². The van der Waals surface area contributed by atoms with Gasteiger partial charge in [-0.3, -0.25) is 0 Å². The molecule has 0 bridgehead atoms. The van der Waals surface area contributed by atoms with Crippen LogP contribution in [0.2, 0.25) is 0 Å². The molecule has 0 aromatic heterocycles. The van der Waals surface area contributed by atoms with Crippen molar-refractivity contribution in [2.45, 2.75) is 26.5 Å². The Kier molecular flexibility index (Phi) is 3.93. The van der Waals surface area contributed by atoms with Gasteiger partial charge < -0.3 is 10.5 Å².